The molecule has 2 unspecified atom stereocenters. The van der Waals surface area contributed by atoms with Crippen LogP contribution in [0.1, 0.15) is 44.5 Å². The van der Waals surface area contributed by atoms with Crippen LogP contribution >= 0.6 is 11.3 Å². The van der Waals surface area contributed by atoms with E-state index >= 15 is 0 Å². The van der Waals surface area contributed by atoms with Gasteiger partial charge in [-0.25, -0.2) is 4.79 Å². The Kier molecular flexibility index (Phi) is 6.22. The number of carbonyl (C=O) groups excluding carboxylic acids is 2. The number of thiophene rings is 1. The number of carbonyl (C=O) groups is 2. The van der Waals surface area contributed by atoms with E-state index in [1.165, 1.54) is 0 Å². The molecule has 0 spiro atoms. The molecule has 6 nitrogen and oxygen atoms in total. The highest BCUT2D eigenvalue weighted by Crippen LogP contribution is 2.38. The van der Waals surface area contributed by atoms with Crippen LogP contribution in [0.3, 0.4) is 0 Å². The van der Waals surface area contributed by atoms with E-state index in [2.05, 4.69) is 31.0 Å². The van der Waals surface area contributed by atoms with E-state index in [9.17, 15) is 9.59 Å². The Hall–Kier alpha value is -1.86. The number of hydrogen-bond donors (Lipinski definition) is 1. The zero-order valence-electron chi connectivity index (χ0n) is 16.7. The molecule has 0 aliphatic carbocycles. The average molecular weight is 391 g/mol. The average Bonchev–Trinajstić information content (AvgIpc) is 3.30. The van der Waals surface area contributed by atoms with Crippen molar-refractivity contribution in [2.75, 3.05) is 33.2 Å². The van der Waals surface area contributed by atoms with Crippen LogP contribution in [0.2, 0.25) is 0 Å². The van der Waals surface area contributed by atoms with E-state index in [4.69, 9.17) is 0 Å². The minimum Gasteiger partial charge on any atom is -0.330 e. The van der Waals surface area contributed by atoms with Crippen LogP contribution in [-0.2, 0) is 4.79 Å². The smallest absolute Gasteiger partial charge is 0.322 e. The van der Waals surface area contributed by atoms with Gasteiger partial charge in [0.2, 0.25) is 0 Å². The normalized spacial score (nSPS) is 21.1. The highest BCUT2D eigenvalue weighted by atomic mass is 32.1. The lowest BCUT2D eigenvalue weighted by Gasteiger charge is -2.30. The van der Waals surface area contributed by atoms with E-state index in [1.54, 1.807) is 23.3 Å². The molecule has 0 radical (unpaired) electrons. The summed E-state index contributed by atoms with van der Waals surface area (Å²) in [6.07, 6.45) is 2.04. The molecule has 148 valence electrons. The van der Waals surface area contributed by atoms with Gasteiger partial charge in [0.25, 0.3) is 5.91 Å². The summed E-state index contributed by atoms with van der Waals surface area (Å²) in [5.74, 6) is 0.0607. The van der Waals surface area contributed by atoms with Crippen molar-refractivity contribution in [3.63, 3.8) is 0 Å². The molecular weight excluding hydrogens is 360 g/mol. The molecule has 1 aromatic heterocycles. The molecule has 2 aliphatic rings. The first-order valence-corrected chi connectivity index (χ1v) is 10.7. The van der Waals surface area contributed by atoms with Crippen molar-refractivity contribution in [3.8, 4) is 0 Å². The summed E-state index contributed by atoms with van der Waals surface area (Å²) in [6, 6.07) is 3.62. The highest BCUT2D eigenvalue weighted by molar-refractivity contribution is 7.10. The van der Waals surface area contributed by atoms with Crippen LogP contribution in [0.25, 0.3) is 0 Å². The third-order valence-corrected chi connectivity index (χ3v) is 6.68. The topological polar surface area (TPSA) is 55.9 Å². The number of likely N-dealkylation sites (N-methyl/N-ethyl adjacent to an activating group) is 1. The summed E-state index contributed by atoms with van der Waals surface area (Å²) in [7, 11) is 1.75. The predicted octanol–water partition coefficient (Wildman–Crippen LogP) is 3.05. The van der Waals surface area contributed by atoms with Gasteiger partial charge in [0.1, 0.15) is 0 Å². The van der Waals surface area contributed by atoms with Crippen LogP contribution in [-0.4, -0.2) is 65.9 Å². The van der Waals surface area contributed by atoms with Crippen molar-refractivity contribution in [1.29, 1.82) is 0 Å². The van der Waals surface area contributed by atoms with Crippen LogP contribution in [0.15, 0.2) is 28.8 Å². The Balaban J connectivity index is 1.72. The summed E-state index contributed by atoms with van der Waals surface area (Å²) >= 11 is 1.57. The van der Waals surface area contributed by atoms with Crippen molar-refractivity contribution in [2.24, 2.45) is 0 Å². The molecule has 3 amide bonds. The van der Waals surface area contributed by atoms with Gasteiger partial charge in [0.15, 0.2) is 0 Å². The van der Waals surface area contributed by atoms with Gasteiger partial charge in [-0.05, 0) is 50.8 Å². The van der Waals surface area contributed by atoms with Crippen LogP contribution in [0, 0.1) is 0 Å². The highest BCUT2D eigenvalue weighted by Gasteiger charge is 2.44. The molecule has 3 rings (SSSR count). The lowest BCUT2D eigenvalue weighted by molar-refractivity contribution is -0.127. The maximum absolute atomic E-state index is 13.2. The molecule has 27 heavy (non-hydrogen) atoms. The molecular formula is C20H30N4O2S. The third kappa shape index (κ3) is 3.89. The third-order valence-electron chi connectivity index (χ3n) is 5.74. The van der Waals surface area contributed by atoms with E-state index in [-0.39, 0.29) is 24.0 Å². The van der Waals surface area contributed by atoms with Crippen molar-refractivity contribution in [2.45, 2.75) is 45.7 Å². The Morgan fingerprint density at radius 3 is 2.70 bits per heavy atom. The van der Waals surface area contributed by atoms with Gasteiger partial charge in [-0.2, -0.15) is 0 Å². The summed E-state index contributed by atoms with van der Waals surface area (Å²) in [5, 5.41) is 4.97. The Morgan fingerprint density at radius 2 is 2.07 bits per heavy atom. The second-order valence-corrected chi connectivity index (χ2v) is 8.25. The fraction of sp³-hybridized carbons (Fsp3) is 0.600. The molecule has 7 heteroatoms. The summed E-state index contributed by atoms with van der Waals surface area (Å²) in [5.41, 5.74) is 1.58. The van der Waals surface area contributed by atoms with E-state index in [1.807, 2.05) is 22.4 Å². The lowest BCUT2D eigenvalue weighted by atomic mass is 10.0. The predicted molar refractivity (Wildman–Crippen MR) is 109 cm³/mol. The molecule has 1 aromatic rings. The van der Waals surface area contributed by atoms with Gasteiger partial charge in [0.05, 0.1) is 23.9 Å². The molecule has 0 fully saturated rings. The minimum absolute atomic E-state index is 0.0607. The van der Waals surface area contributed by atoms with Gasteiger partial charge >= 0.3 is 6.03 Å². The molecule has 2 atom stereocenters. The molecule has 2 aliphatic heterocycles. The van der Waals surface area contributed by atoms with E-state index in [0.717, 1.165) is 48.6 Å². The fourth-order valence-electron chi connectivity index (χ4n) is 3.92. The molecule has 0 saturated heterocycles. The van der Waals surface area contributed by atoms with Crippen LogP contribution < -0.4 is 5.32 Å². The van der Waals surface area contributed by atoms with Gasteiger partial charge in [-0.1, -0.05) is 19.9 Å². The van der Waals surface area contributed by atoms with Crippen molar-refractivity contribution >= 4 is 23.3 Å². The van der Waals surface area contributed by atoms with Crippen LogP contribution in [0.5, 0.6) is 0 Å². The fourth-order valence-corrected chi connectivity index (χ4v) is 4.70. The second-order valence-electron chi connectivity index (χ2n) is 7.27. The molecule has 1 N–H and O–H groups in total. The Bertz CT molecular complexity index is 712. The van der Waals surface area contributed by atoms with E-state index < -0.39 is 0 Å². The Morgan fingerprint density at radius 1 is 1.33 bits per heavy atom. The van der Waals surface area contributed by atoms with Gasteiger partial charge in [0, 0.05) is 18.0 Å². The van der Waals surface area contributed by atoms with Crippen molar-refractivity contribution in [3.05, 3.63) is 33.7 Å². The quantitative estimate of drug-likeness (QED) is 0.742. The second kappa shape index (κ2) is 8.44. The number of urea groups is 1. The molecule has 0 aromatic carbocycles. The maximum atomic E-state index is 13.2. The standard InChI is InChI=1S/C20H30N4O2S/c1-5-23(6-2)11-7-9-14(3)24-13-15-17(19(24)25)18(16-10-8-12-27-16)21-20(26)22(15)4/h8,10,12,14,18H,5-7,9,11,13H2,1-4H3,(H,21,26). The lowest BCUT2D eigenvalue weighted by Crippen LogP contribution is -2.45. The molecule has 0 bridgehead atoms. The number of amides is 3. The van der Waals surface area contributed by atoms with Gasteiger partial charge in [-0.15, -0.1) is 11.3 Å². The zero-order valence-corrected chi connectivity index (χ0v) is 17.5. The summed E-state index contributed by atoms with van der Waals surface area (Å²) < 4.78 is 0. The summed E-state index contributed by atoms with van der Waals surface area (Å²) in [4.78, 5) is 32.6. The zero-order chi connectivity index (χ0) is 19.6. The van der Waals surface area contributed by atoms with E-state index in [0.29, 0.717) is 6.54 Å². The van der Waals surface area contributed by atoms with Crippen molar-refractivity contribution < 1.29 is 9.59 Å². The first-order valence-electron chi connectivity index (χ1n) is 9.81. The number of nitrogens with one attached hydrogen (secondary N) is 1. The van der Waals surface area contributed by atoms with Gasteiger partial charge < -0.3 is 15.1 Å². The molecule has 3 heterocycles. The van der Waals surface area contributed by atoms with Crippen LogP contribution in [0.4, 0.5) is 4.79 Å². The first kappa shape index (κ1) is 19.9. The number of nitrogens with zero attached hydrogens (tertiary/aromatic N) is 3. The van der Waals surface area contributed by atoms with Gasteiger partial charge in [-0.3, -0.25) is 9.69 Å². The monoisotopic (exact) mass is 390 g/mol. The largest absolute Gasteiger partial charge is 0.330 e. The SMILES string of the molecule is CCN(CC)CCCC(C)N1CC2=C(C1=O)C(c1cccs1)NC(=O)N2C. The Labute approximate surface area is 165 Å². The molecule has 0 saturated carbocycles. The maximum Gasteiger partial charge on any atom is 0.322 e. The first-order chi connectivity index (χ1) is 13.0. The number of hydrogen-bond acceptors (Lipinski definition) is 4. The summed E-state index contributed by atoms with van der Waals surface area (Å²) in [6.45, 7) is 10.2. The minimum atomic E-state index is -0.330. The van der Waals surface area contributed by atoms with Crippen molar-refractivity contribution in [1.82, 2.24) is 20.0 Å². The number of rotatable bonds is 8.